The van der Waals surface area contributed by atoms with E-state index >= 15 is 0 Å². The van der Waals surface area contributed by atoms with E-state index in [2.05, 4.69) is 5.32 Å². The number of fused-ring (bicyclic) bond motifs is 1. The van der Waals surface area contributed by atoms with Crippen LogP contribution in [0.15, 0.2) is 77.7 Å². The number of anilines is 1. The van der Waals surface area contributed by atoms with Gasteiger partial charge >= 0.3 is 5.97 Å². The summed E-state index contributed by atoms with van der Waals surface area (Å²) in [6.45, 7) is 1.61. The van der Waals surface area contributed by atoms with Crippen molar-refractivity contribution in [2.24, 2.45) is 0 Å². The van der Waals surface area contributed by atoms with Gasteiger partial charge < -0.3 is 10.1 Å². The molecule has 9 heteroatoms. The fourth-order valence-corrected chi connectivity index (χ4v) is 5.83. The zero-order chi connectivity index (χ0) is 24.3. The molecule has 1 aliphatic rings. The maximum absolute atomic E-state index is 13.3. The smallest absolute Gasteiger partial charge is 0.338 e. The van der Waals surface area contributed by atoms with E-state index < -0.39 is 28.5 Å². The first kappa shape index (κ1) is 23.8. The number of para-hydroxylation sites is 1. The Hall–Kier alpha value is -3.36. The van der Waals surface area contributed by atoms with Gasteiger partial charge in [0.05, 0.1) is 22.3 Å². The number of ether oxygens (including phenoxy) is 1. The second kappa shape index (κ2) is 9.87. The van der Waals surface area contributed by atoms with Gasteiger partial charge in [-0.25, -0.2) is 13.2 Å². The summed E-state index contributed by atoms with van der Waals surface area (Å²) in [5, 5.41) is 2.75. The van der Waals surface area contributed by atoms with E-state index in [1.807, 2.05) is 49.4 Å². The fraction of sp³-hybridized carbons (Fsp3) is 0.200. The van der Waals surface area contributed by atoms with Gasteiger partial charge in [-0.05, 0) is 48.7 Å². The van der Waals surface area contributed by atoms with E-state index in [0.717, 1.165) is 11.1 Å². The third kappa shape index (κ3) is 4.93. The van der Waals surface area contributed by atoms with Gasteiger partial charge in [-0.15, -0.1) is 0 Å². The standard InChI is InChI=1S/C25H23ClN2O5S/c1-17(18-7-3-2-4-8-18)27-24(29)16-33-25(30)20-11-12-21(26)23(15-20)34(31,32)28-14-13-19-9-5-6-10-22(19)28/h2-12,15,17H,13-14,16H2,1H3,(H,27,29)/t17-/m1/s1. The lowest BCUT2D eigenvalue weighted by Crippen LogP contribution is -2.31. The molecule has 3 aromatic carbocycles. The molecule has 0 unspecified atom stereocenters. The minimum atomic E-state index is -4.00. The number of hydrogen-bond acceptors (Lipinski definition) is 5. The molecule has 0 saturated heterocycles. The van der Waals surface area contributed by atoms with E-state index in [0.29, 0.717) is 12.1 Å². The maximum Gasteiger partial charge on any atom is 0.338 e. The first-order valence-corrected chi connectivity index (χ1v) is 12.5. The molecule has 0 saturated carbocycles. The van der Waals surface area contributed by atoms with Crippen molar-refractivity contribution in [2.45, 2.75) is 24.3 Å². The van der Waals surface area contributed by atoms with Crippen LogP contribution in [0.3, 0.4) is 0 Å². The van der Waals surface area contributed by atoms with Crippen LogP contribution in [0.4, 0.5) is 5.69 Å². The van der Waals surface area contributed by atoms with Gasteiger partial charge in [0.15, 0.2) is 6.61 Å². The van der Waals surface area contributed by atoms with Crippen molar-refractivity contribution >= 4 is 39.2 Å². The fourth-order valence-electron chi connectivity index (χ4n) is 3.83. The average Bonchev–Trinajstić information content (AvgIpc) is 3.28. The van der Waals surface area contributed by atoms with E-state index in [9.17, 15) is 18.0 Å². The summed E-state index contributed by atoms with van der Waals surface area (Å²) in [5.41, 5.74) is 2.42. The zero-order valence-corrected chi connectivity index (χ0v) is 20.0. The maximum atomic E-state index is 13.3. The van der Waals surface area contributed by atoms with Crippen LogP contribution in [-0.4, -0.2) is 33.4 Å². The summed E-state index contributed by atoms with van der Waals surface area (Å²) in [7, 11) is -4.00. The molecule has 1 N–H and O–H groups in total. The molecular weight excluding hydrogens is 476 g/mol. The summed E-state index contributed by atoms with van der Waals surface area (Å²) in [5.74, 6) is -1.29. The van der Waals surface area contributed by atoms with Crippen LogP contribution < -0.4 is 9.62 Å². The number of nitrogens with zero attached hydrogens (tertiary/aromatic N) is 1. The molecule has 0 spiro atoms. The Labute approximate surface area is 203 Å². The minimum absolute atomic E-state index is 0.00430. The average molecular weight is 499 g/mol. The van der Waals surface area contributed by atoms with Crippen LogP contribution in [-0.2, 0) is 26.0 Å². The highest BCUT2D eigenvalue weighted by molar-refractivity contribution is 7.93. The van der Waals surface area contributed by atoms with Gasteiger partial charge in [0.2, 0.25) is 0 Å². The Morgan fingerprint density at radius 2 is 1.76 bits per heavy atom. The number of sulfonamides is 1. The van der Waals surface area contributed by atoms with Gasteiger partial charge in [0.1, 0.15) is 4.90 Å². The molecule has 7 nitrogen and oxygen atoms in total. The first-order valence-electron chi connectivity index (χ1n) is 10.7. The summed E-state index contributed by atoms with van der Waals surface area (Å²) < 4.78 is 33.1. The quantitative estimate of drug-likeness (QED) is 0.494. The molecule has 3 aromatic rings. The largest absolute Gasteiger partial charge is 0.452 e. The number of halogens is 1. The zero-order valence-electron chi connectivity index (χ0n) is 18.4. The van der Waals surface area contributed by atoms with Crippen molar-refractivity contribution in [1.82, 2.24) is 5.32 Å². The Balaban J connectivity index is 1.45. The van der Waals surface area contributed by atoms with E-state index in [1.165, 1.54) is 22.5 Å². The van der Waals surface area contributed by atoms with Gasteiger partial charge in [0, 0.05) is 6.54 Å². The molecule has 176 valence electrons. The van der Waals surface area contributed by atoms with Crippen molar-refractivity contribution in [3.8, 4) is 0 Å². The molecule has 0 radical (unpaired) electrons. The lowest BCUT2D eigenvalue weighted by molar-refractivity contribution is -0.124. The predicted octanol–water partition coefficient (Wildman–Crippen LogP) is 4.13. The number of benzene rings is 3. The molecule has 1 amide bonds. The van der Waals surface area contributed by atoms with Crippen LogP contribution in [0.5, 0.6) is 0 Å². The van der Waals surface area contributed by atoms with Gasteiger partial charge in [-0.2, -0.15) is 0 Å². The van der Waals surface area contributed by atoms with Crippen molar-refractivity contribution in [2.75, 3.05) is 17.5 Å². The minimum Gasteiger partial charge on any atom is -0.452 e. The Morgan fingerprint density at radius 3 is 2.53 bits per heavy atom. The summed E-state index contributed by atoms with van der Waals surface area (Å²) in [6.07, 6.45) is 0.589. The molecule has 1 atom stereocenters. The lowest BCUT2D eigenvalue weighted by Gasteiger charge is -2.20. The third-order valence-electron chi connectivity index (χ3n) is 5.59. The predicted molar refractivity (Wildman–Crippen MR) is 129 cm³/mol. The second-order valence-electron chi connectivity index (χ2n) is 7.88. The number of nitrogens with one attached hydrogen (secondary N) is 1. The van der Waals surface area contributed by atoms with Crippen molar-refractivity contribution in [1.29, 1.82) is 0 Å². The molecule has 0 aliphatic carbocycles. The molecular formula is C25H23ClN2O5S. The summed E-state index contributed by atoms with van der Waals surface area (Å²) >= 11 is 6.21. The highest BCUT2D eigenvalue weighted by atomic mass is 35.5. The normalized spacial score (nSPS) is 13.8. The second-order valence-corrected chi connectivity index (χ2v) is 10.1. The van der Waals surface area contributed by atoms with Crippen LogP contribution in [0, 0.1) is 0 Å². The molecule has 0 bridgehead atoms. The highest BCUT2D eigenvalue weighted by Gasteiger charge is 2.32. The van der Waals surface area contributed by atoms with Gasteiger partial charge in [0.25, 0.3) is 15.9 Å². The topological polar surface area (TPSA) is 92.8 Å². The lowest BCUT2D eigenvalue weighted by atomic mass is 10.1. The summed E-state index contributed by atoms with van der Waals surface area (Å²) in [4.78, 5) is 24.6. The van der Waals surface area contributed by atoms with E-state index in [4.69, 9.17) is 16.3 Å². The number of carbonyl (C=O) groups excluding carboxylic acids is 2. The van der Waals surface area contributed by atoms with E-state index in [-0.39, 0.29) is 28.1 Å². The number of esters is 1. The van der Waals surface area contributed by atoms with Crippen molar-refractivity contribution < 1.29 is 22.7 Å². The van der Waals surface area contributed by atoms with Crippen LogP contribution >= 0.6 is 11.6 Å². The van der Waals surface area contributed by atoms with Crippen molar-refractivity contribution in [3.05, 3.63) is 94.5 Å². The van der Waals surface area contributed by atoms with Crippen LogP contribution in [0.25, 0.3) is 0 Å². The highest BCUT2D eigenvalue weighted by Crippen LogP contribution is 2.35. The molecule has 34 heavy (non-hydrogen) atoms. The van der Waals surface area contributed by atoms with E-state index in [1.54, 1.807) is 12.1 Å². The SMILES string of the molecule is C[C@@H](NC(=O)COC(=O)c1ccc(Cl)c(S(=O)(=O)N2CCc3ccccc32)c1)c1ccccc1. The summed E-state index contributed by atoms with van der Waals surface area (Å²) in [6, 6.07) is 20.2. The van der Waals surface area contributed by atoms with Gasteiger partial charge in [-0.1, -0.05) is 60.1 Å². The van der Waals surface area contributed by atoms with Gasteiger partial charge in [-0.3, -0.25) is 9.10 Å². The van der Waals surface area contributed by atoms with Crippen LogP contribution in [0.1, 0.15) is 34.5 Å². The third-order valence-corrected chi connectivity index (χ3v) is 7.89. The molecule has 1 aliphatic heterocycles. The number of rotatable bonds is 7. The number of hydrogen-bond donors (Lipinski definition) is 1. The molecule has 0 aromatic heterocycles. The molecule has 4 rings (SSSR count). The Kier molecular flexibility index (Phi) is 6.90. The monoisotopic (exact) mass is 498 g/mol. The molecule has 0 fully saturated rings. The van der Waals surface area contributed by atoms with Crippen molar-refractivity contribution in [3.63, 3.8) is 0 Å². The first-order chi connectivity index (χ1) is 16.3. The Morgan fingerprint density at radius 1 is 1.06 bits per heavy atom. The van der Waals surface area contributed by atoms with Crippen LogP contribution in [0.2, 0.25) is 5.02 Å². The number of amides is 1. The Bertz CT molecular complexity index is 1330. The molecule has 1 heterocycles. The number of carbonyl (C=O) groups is 2.